The molecule has 0 saturated carbocycles. The Hall–Kier alpha value is -2.08. The van der Waals surface area contributed by atoms with Crippen LogP contribution in [0.5, 0.6) is 0 Å². The van der Waals surface area contributed by atoms with E-state index in [0.717, 1.165) is 5.56 Å². The quantitative estimate of drug-likeness (QED) is 0.482. The molecule has 1 amide bonds. The smallest absolute Gasteiger partial charge is 0.336 e. The third kappa shape index (κ3) is 4.42. The topological polar surface area (TPSA) is 102 Å². The van der Waals surface area contributed by atoms with Gasteiger partial charge in [-0.1, -0.05) is 12.1 Å². The lowest BCUT2D eigenvalue weighted by Gasteiger charge is -2.09. The van der Waals surface area contributed by atoms with E-state index in [0.29, 0.717) is 5.69 Å². The minimum atomic E-state index is -1.34. The molecule has 1 unspecified atom stereocenters. The van der Waals surface area contributed by atoms with Gasteiger partial charge in [0.25, 0.3) is 0 Å². The highest BCUT2D eigenvalue weighted by Gasteiger charge is 2.16. The molecule has 1 aromatic carbocycles. The second kappa shape index (κ2) is 6.61. The summed E-state index contributed by atoms with van der Waals surface area (Å²) in [6, 6.07) is 6.88. The van der Waals surface area contributed by atoms with Gasteiger partial charge in [-0.2, -0.15) is 0 Å². The number of amides is 1. The van der Waals surface area contributed by atoms with Gasteiger partial charge in [0, 0.05) is 5.69 Å². The number of esters is 1. The van der Waals surface area contributed by atoms with E-state index < -0.39 is 12.1 Å². The normalized spacial score (nSPS) is 11.7. The Morgan fingerprint density at radius 2 is 2.00 bits per heavy atom. The molecule has 0 fully saturated rings. The van der Waals surface area contributed by atoms with Gasteiger partial charge in [0.1, 0.15) is 0 Å². The molecular formula is C12H16N2O4. The molecule has 0 aliphatic heterocycles. The Labute approximate surface area is 105 Å². The summed E-state index contributed by atoms with van der Waals surface area (Å²) in [4.78, 5) is 22.4. The molecule has 98 valence electrons. The Morgan fingerprint density at radius 3 is 2.56 bits per heavy atom. The summed E-state index contributed by atoms with van der Waals surface area (Å²) in [5.74, 6) is -1.06. The molecule has 0 aromatic heterocycles. The predicted molar refractivity (Wildman–Crippen MR) is 65.6 cm³/mol. The highest BCUT2D eigenvalue weighted by molar-refractivity contribution is 5.80. The summed E-state index contributed by atoms with van der Waals surface area (Å²) in [6.07, 6.45) is -1.18. The van der Waals surface area contributed by atoms with Gasteiger partial charge in [-0.05, 0) is 17.7 Å². The van der Waals surface area contributed by atoms with Crippen LogP contribution >= 0.6 is 0 Å². The fourth-order valence-electron chi connectivity index (χ4n) is 1.31. The van der Waals surface area contributed by atoms with Crippen LogP contribution in [0.4, 0.5) is 5.69 Å². The minimum Gasteiger partial charge on any atom is -0.467 e. The molecule has 1 aromatic rings. The first-order valence-electron chi connectivity index (χ1n) is 5.40. The van der Waals surface area contributed by atoms with Crippen LogP contribution in [-0.4, -0.2) is 36.7 Å². The van der Waals surface area contributed by atoms with E-state index >= 15 is 0 Å². The number of benzene rings is 1. The molecular weight excluding hydrogens is 236 g/mol. The number of hydrogen-bond donors (Lipinski definition) is 3. The van der Waals surface area contributed by atoms with Crippen LogP contribution in [-0.2, 0) is 20.7 Å². The van der Waals surface area contributed by atoms with Crippen molar-refractivity contribution in [1.82, 2.24) is 5.32 Å². The first-order valence-corrected chi connectivity index (χ1v) is 5.40. The largest absolute Gasteiger partial charge is 0.467 e. The summed E-state index contributed by atoms with van der Waals surface area (Å²) in [5, 5.41) is 11.7. The number of rotatable bonds is 5. The maximum absolute atomic E-state index is 11.5. The molecule has 0 aliphatic rings. The number of aliphatic hydroxyl groups is 1. The van der Waals surface area contributed by atoms with Gasteiger partial charge < -0.3 is 20.9 Å². The fraction of sp³-hybridized carbons (Fsp3) is 0.333. The van der Waals surface area contributed by atoms with Gasteiger partial charge in [-0.25, -0.2) is 4.79 Å². The SMILES string of the molecule is COC(=O)C(O)CNC(=O)Cc1ccc(N)cc1. The molecule has 0 radical (unpaired) electrons. The highest BCUT2D eigenvalue weighted by atomic mass is 16.5. The number of hydrogen-bond acceptors (Lipinski definition) is 5. The number of aliphatic hydroxyl groups excluding tert-OH is 1. The number of nitrogens with two attached hydrogens (primary N) is 1. The van der Waals surface area contributed by atoms with Crippen molar-refractivity contribution in [3.63, 3.8) is 0 Å². The van der Waals surface area contributed by atoms with Gasteiger partial charge in [0.05, 0.1) is 20.1 Å². The van der Waals surface area contributed by atoms with Crippen molar-refractivity contribution < 1.29 is 19.4 Å². The van der Waals surface area contributed by atoms with Crippen LogP contribution in [0.1, 0.15) is 5.56 Å². The fourth-order valence-corrected chi connectivity index (χ4v) is 1.31. The maximum Gasteiger partial charge on any atom is 0.336 e. The van der Waals surface area contributed by atoms with E-state index in [-0.39, 0.29) is 18.9 Å². The summed E-state index contributed by atoms with van der Waals surface area (Å²) < 4.78 is 4.32. The first kappa shape index (κ1) is 14.0. The van der Waals surface area contributed by atoms with Gasteiger partial charge >= 0.3 is 5.97 Å². The van der Waals surface area contributed by atoms with Crippen molar-refractivity contribution in [3.8, 4) is 0 Å². The van der Waals surface area contributed by atoms with Crippen LogP contribution in [0.15, 0.2) is 24.3 Å². The number of nitrogen functional groups attached to an aromatic ring is 1. The first-order chi connectivity index (χ1) is 8.52. The van der Waals surface area contributed by atoms with Crippen molar-refractivity contribution >= 4 is 17.6 Å². The molecule has 0 aliphatic carbocycles. The van der Waals surface area contributed by atoms with Crippen LogP contribution in [0.25, 0.3) is 0 Å². The maximum atomic E-state index is 11.5. The Morgan fingerprint density at radius 1 is 1.39 bits per heavy atom. The molecule has 6 nitrogen and oxygen atoms in total. The summed E-state index contributed by atoms with van der Waals surface area (Å²) in [7, 11) is 1.17. The molecule has 0 spiro atoms. The van der Waals surface area contributed by atoms with E-state index in [1.165, 1.54) is 7.11 Å². The van der Waals surface area contributed by atoms with Crippen molar-refractivity contribution in [2.24, 2.45) is 0 Å². The standard InChI is InChI=1S/C12H16N2O4/c1-18-12(17)10(15)7-14-11(16)6-8-2-4-9(13)5-3-8/h2-5,10,15H,6-7,13H2,1H3,(H,14,16). The minimum absolute atomic E-state index is 0.161. The number of nitrogens with one attached hydrogen (secondary N) is 1. The van der Waals surface area contributed by atoms with Crippen molar-refractivity contribution in [3.05, 3.63) is 29.8 Å². The predicted octanol–water partition coefficient (Wildman–Crippen LogP) is -0.539. The second-order valence-corrected chi connectivity index (χ2v) is 3.76. The molecule has 1 atom stereocenters. The average molecular weight is 252 g/mol. The molecule has 6 heteroatoms. The molecule has 0 heterocycles. The van der Waals surface area contributed by atoms with E-state index in [9.17, 15) is 14.7 Å². The molecule has 4 N–H and O–H groups in total. The Bertz CT molecular complexity index is 417. The lowest BCUT2D eigenvalue weighted by Crippen LogP contribution is -2.37. The van der Waals surface area contributed by atoms with Crippen molar-refractivity contribution in [2.45, 2.75) is 12.5 Å². The van der Waals surface area contributed by atoms with Gasteiger partial charge in [0.15, 0.2) is 6.10 Å². The van der Waals surface area contributed by atoms with Crippen molar-refractivity contribution in [2.75, 3.05) is 19.4 Å². The zero-order valence-corrected chi connectivity index (χ0v) is 10.1. The molecule has 1 rings (SSSR count). The molecule has 0 bridgehead atoms. The van der Waals surface area contributed by atoms with E-state index in [4.69, 9.17) is 5.73 Å². The Balaban J connectivity index is 2.38. The number of carbonyl (C=O) groups is 2. The molecule has 18 heavy (non-hydrogen) atoms. The van der Waals surface area contributed by atoms with Crippen LogP contribution < -0.4 is 11.1 Å². The molecule has 0 saturated heterocycles. The number of anilines is 1. The zero-order chi connectivity index (χ0) is 13.5. The second-order valence-electron chi connectivity index (χ2n) is 3.76. The van der Waals surface area contributed by atoms with Crippen molar-refractivity contribution in [1.29, 1.82) is 0 Å². The van der Waals surface area contributed by atoms with Gasteiger partial charge in [-0.3, -0.25) is 4.79 Å². The average Bonchev–Trinajstić information content (AvgIpc) is 2.37. The third-order valence-corrected chi connectivity index (χ3v) is 2.31. The monoisotopic (exact) mass is 252 g/mol. The van der Waals surface area contributed by atoms with Crippen LogP contribution in [0.2, 0.25) is 0 Å². The lowest BCUT2D eigenvalue weighted by molar-refractivity contribution is -0.150. The van der Waals surface area contributed by atoms with E-state index in [1.54, 1.807) is 24.3 Å². The van der Waals surface area contributed by atoms with Gasteiger partial charge in [-0.15, -0.1) is 0 Å². The Kier molecular flexibility index (Phi) is 5.13. The summed E-state index contributed by atoms with van der Waals surface area (Å²) in [6.45, 7) is -0.166. The highest BCUT2D eigenvalue weighted by Crippen LogP contribution is 2.05. The summed E-state index contributed by atoms with van der Waals surface area (Å²) in [5.41, 5.74) is 6.94. The third-order valence-electron chi connectivity index (χ3n) is 2.31. The van der Waals surface area contributed by atoms with Crippen LogP contribution in [0, 0.1) is 0 Å². The summed E-state index contributed by atoms with van der Waals surface area (Å²) >= 11 is 0. The van der Waals surface area contributed by atoms with E-state index in [1.807, 2.05) is 0 Å². The number of ether oxygens (including phenoxy) is 1. The van der Waals surface area contributed by atoms with Gasteiger partial charge in [0.2, 0.25) is 5.91 Å². The van der Waals surface area contributed by atoms with E-state index in [2.05, 4.69) is 10.1 Å². The number of methoxy groups -OCH3 is 1. The zero-order valence-electron chi connectivity index (χ0n) is 10.1. The number of carbonyl (C=O) groups excluding carboxylic acids is 2. The van der Waals surface area contributed by atoms with Crippen LogP contribution in [0.3, 0.4) is 0 Å². The lowest BCUT2D eigenvalue weighted by atomic mass is 10.1.